The number of rotatable bonds is 5. The number of benzene rings is 2. The van der Waals surface area contributed by atoms with E-state index in [-0.39, 0.29) is 0 Å². The summed E-state index contributed by atoms with van der Waals surface area (Å²) in [4.78, 5) is 3.45. The standard InChI is InChI=1S/C18H17F3N4O2S/c1-13(14-6-8-16(9-7-14)25-12-22-11-23-25)24(2)28(26,27)17-5-3-4-15(10-17)18(19,20)21/h3-13H,1-2H3/t13-/m1/s1. The van der Waals surface area contributed by atoms with Crippen molar-refractivity contribution in [3.05, 3.63) is 72.3 Å². The molecule has 0 aliphatic carbocycles. The molecule has 1 aromatic heterocycles. The zero-order chi connectivity index (χ0) is 20.5. The van der Waals surface area contributed by atoms with Gasteiger partial charge < -0.3 is 0 Å². The lowest BCUT2D eigenvalue weighted by atomic mass is 10.1. The minimum Gasteiger partial charge on any atom is -0.223 e. The quantitative estimate of drug-likeness (QED) is 0.644. The fourth-order valence-corrected chi connectivity index (χ4v) is 4.06. The lowest BCUT2D eigenvalue weighted by Gasteiger charge is -2.25. The van der Waals surface area contributed by atoms with Gasteiger partial charge >= 0.3 is 6.18 Å². The van der Waals surface area contributed by atoms with E-state index in [4.69, 9.17) is 0 Å². The van der Waals surface area contributed by atoms with Crippen molar-refractivity contribution in [1.29, 1.82) is 0 Å². The number of alkyl halides is 3. The first-order valence-corrected chi connectivity index (χ1v) is 9.65. The second-order valence-corrected chi connectivity index (χ2v) is 8.15. The average molecular weight is 410 g/mol. The molecule has 0 saturated carbocycles. The van der Waals surface area contributed by atoms with E-state index in [1.807, 2.05) is 0 Å². The molecule has 0 unspecified atom stereocenters. The van der Waals surface area contributed by atoms with Gasteiger partial charge in [-0.2, -0.15) is 22.6 Å². The summed E-state index contributed by atoms with van der Waals surface area (Å²) in [5, 5.41) is 4.01. The predicted molar refractivity (Wildman–Crippen MR) is 96.2 cm³/mol. The van der Waals surface area contributed by atoms with Crippen molar-refractivity contribution in [2.24, 2.45) is 0 Å². The second kappa shape index (κ2) is 7.36. The number of nitrogens with zero attached hydrogens (tertiary/aromatic N) is 4. The average Bonchev–Trinajstić information content (AvgIpc) is 3.21. The van der Waals surface area contributed by atoms with Gasteiger partial charge in [-0.05, 0) is 42.8 Å². The van der Waals surface area contributed by atoms with Crippen LogP contribution in [0.2, 0.25) is 0 Å². The van der Waals surface area contributed by atoms with Crippen LogP contribution >= 0.6 is 0 Å². The van der Waals surface area contributed by atoms with Crippen LogP contribution in [0.4, 0.5) is 13.2 Å². The maximum Gasteiger partial charge on any atom is 0.416 e. The number of hydrogen-bond donors (Lipinski definition) is 0. The molecule has 0 fully saturated rings. The largest absolute Gasteiger partial charge is 0.416 e. The SMILES string of the molecule is C[C@H](c1ccc(-n2cncn2)cc1)N(C)S(=O)(=O)c1cccc(C(F)(F)F)c1. The van der Waals surface area contributed by atoms with Gasteiger partial charge in [0, 0.05) is 13.1 Å². The summed E-state index contributed by atoms with van der Waals surface area (Å²) in [5.41, 5.74) is 0.422. The van der Waals surface area contributed by atoms with Crippen LogP contribution < -0.4 is 0 Å². The van der Waals surface area contributed by atoms with E-state index < -0.39 is 32.7 Å². The first-order valence-electron chi connectivity index (χ1n) is 8.21. The van der Waals surface area contributed by atoms with Crippen molar-refractivity contribution >= 4 is 10.0 Å². The van der Waals surface area contributed by atoms with Gasteiger partial charge in [0.15, 0.2) is 0 Å². The Balaban J connectivity index is 1.87. The fraction of sp³-hybridized carbons (Fsp3) is 0.222. The molecule has 2 aromatic carbocycles. The van der Waals surface area contributed by atoms with E-state index in [1.165, 1.54) is 19.7 Å². The third-order valence-electron chi connectivity index (χ3n) is 4.44. The normalized spacial score (nSPS) is 13.6. The van der Waals surface area contributed by atoms with E-state index in [0.29, 0.717) is 11.6 Å². The Bertz CT molecular complexity index is 1050. The summed E-state index contributed by atoms with van der Waals surface area (Å²) >= 11 is 0. The molecule has 0 spiro atoms. The monoisotopic (exact) mass is 410 g/mol. The molecule has 10 heteroatoms. The molecule has 0 bridgehead atoms. The van der Waals surface area contributed by atoms with Crippen molar-refractivity contribution in [3.8, 4) is 5.69 Å². The summed E-state index contributed by atoms with van der Waals surface area (Å²) in [6.45, 7) is 1.66. The molecule has 0 aliphatic heterocycles. The van der Waals surface area contributed by atoms with Gasteiger partial charge in [0.05, 0.1) is 16.1 Å². The predicted octanol–water partition coefficient (Wildman–Crippen LogP) is 3.67. The summed E-state index contributed by atoms with van der Waals surface area (Å²) < 4.78 is 67.0. The van der Waals surface area contributed by atoms with E-state index in [1.54, 1.807) is 35.9 Å². The molecule has 148 valence electrons. The van der Waals surface area contributed by atoms with E-state index in [0.717, 1.165) is 28.2 Å². The summed E-state index contributed by atoms with van der Waals surface area (Å²) in [6, 6.07) is 10.1. The van der Waals surface area contributed by atoms with Crippen LogP contribution in [0.15, 0.2) is 66.1 Å². The second-order valence-electron chi connectivity index (χ2n) is 6.15. The Kier molecular flexibility index (Phi) is 5.26. The molecule has 0 N–H and O–H groups in total. The van der Waals surface area contributed by atoms with Gasteiger partial charge in [-0.3, -0.25) is 0 Å². The van der Waals surface area contributed by atoms with Crippen molar-refractivity contribution < 1.29 is 21.6 Å². The minimum absolute atomic E-state index is 0.407. The van der Waals surface area contributed by atoms with Crippen LogP contribution in [0.1, 0.15) is 24.1 Å². The van der Waals surface area contributed by atoms with Gasteiger partial charge in [-0.1, -0.05) is 18.2 Å². The van der Waals surface area contributed by atoms with Gasteiger partial charge in [-0.25, -0.2) is 18.1 Å². The molecule has 3 aromatic rings. The molecule has 1 atom stereocenters. The van der Waals surface area contributed by atoms with Gasteiger partial charge in [0.25, 0.3) is 0 Å². The van der Waals surface area contributed by atoms with Crippen LogP contribution in [0.3, 0.4) is 0 Å². The number of hydrogen-bond acceptors (Lipinski definition) is 4. The summed E-state index contributed by atoms with van der Waals surface area (Å²) in [6.07, 6.45) is -1.69. The molecule has 0 radical (unpaired) electrons. The van der Waals surface area contributed by atoms with Gasteiger partial charge in [0.2, 0.25) is 10.0 Å². The minimum atomic E-state index is -4.62. The first kappa shape index (κ1) is 20.0. The van der Waals surface area contributed by atoms with Gasteiger partial charge in [0.1, 0.15) is 12.7 Å². The van der Waals surface area contributed by atoms with E-state index in [2.05, 4.69) is 10.1 Å². The Morgan fingerprint density at radius 3 is 2.36 bits per heavy atom. The van der Waals surface area contributed by atoms with Crippen LogP contribution in [-0.2, 0) is 16.2 Å². The van der Waals surface area contributed by atoms with Crippen molar-refractivity contribution in [2.75, 3.05) is 7.05 Å². The third kappa shape index (κ3) is 3.92. The molecular formula is C18H17F3N4O2S. The molecule has 0 saturated heterocycles. The Labute approximate surface area is 160 Å². The molecule has 0 aliphatic rings. The maximum atomic E-state index is 12.9. The molecule has 1 heterocycles. The number of sulfonamides is 1. The zero-order valence-electron chi connectivity index (χ0n) is 15.0. The Morgan fingerprint density at radius 2 is 1.79 bits per heavy atom. The van der Waals surface area contributed by atoms with Gasteiger partial charge in [-0.15, -0.1) is 0 Å². The van der Waals surface area contributed by atoms with E-state index >= 15 is 0 Å². The lowest BCUT2D eigenvalue weighted by molar-refractivity contribution is -0.137. The molecular weight excluding hydrogens is 393 g/mol. The Hall–Kier alpha value is -2.72. The van der Waals surface area contributed by atoms with Crippen LogP contribution in [-0.4, -0.2) is 34.5 Å². The van der Waals surface area contributed by atoms with Crippen LogP contribution in [0.5, 0.6) is 0 Å². The first-order chi connectivity index (χ1) is 13.1. The molecule has 0 amide bonds. The lowest BCUT2D eigenvalue weighted by Crippen LogP contribution is -2.30. The number of halogens is 3. The summed E-state index contributed by atoms with van der Waals surface area (Å²) in [7, 11) is -2.78. The van der Waals surface area contributed by atoms with E-state index in [9.17, 15) is 21.6 Å². The van der Waals surface area contributed by atoms with Crippen molar-refractivity contribution in [3.63, 3.8) is 0 Å². The van der Waals surface area contributed by atoms with Crippen molar-refractivity contribution in [1.82, 2.24) is 19.1 Å². The molecule has 28 heavy (non-hydrogen) atoms. The molecule has 6 nitrogen and oxygen atoms in total. The highest BCUT2D eigenvalue weighted by molar-refractivity contribution is 7.89. The topological polar surface area (TPSA) is 68.1 Å². The summed E-state index contributed by atoms with van der Waals surface area (Å²) in [5.74, 6) is 0. The van der Waals surface area contributed by atoms with Crippen molar-refractivity contribution in [2.45, 2.75) is 24.0 Å². The third-order valence-corrected chi connectivity index (χ3v) is 6.37. The number of aromatic nitrogens is 3. The highest BCUT2D eigenvalue weighted by atomic mass is 32.2. The van der Waals surface area contributed by atoms with Crippen LogP contribution in [0, 0.1) is 0 Å². The molecule has 3 rings (SSSR count). The smallest absolute Gasteiger partial charge is 0.223 e. The maximum absolute atomic E-state index is 12.9. The highest BCUT2D eigenvalue weighted by Crippen LogP contribution is 2.32. The zero-order valence-corrected chi connectivity index (χ0v) is 15.8. The van der Waals surface area contributed by atoms with Crippen LogP contribution in [0.25, 0.3) is 5.69 Å². The highest BCUT2D eigenvalue weighted by Gasteiger charge is 2.33. The Morgan fingerprint density at radius 1 is 1.11 bits per heavy atom. The fourth-order valence-electron chi connectivity index (χ4n) is 2.66.